The Hall–Kier alpha value is -2.94. The molecule has 42 heavy (non-hydrogen) atoms. The van der Waals surface area contributed by atoms with Crippen LogP contribution >= 0.6 is 27.3 Å². The number of likely N-dealkylation sites (tertiary alicyclic amines) is 1. The molecule has 3 heterocycles. The van der Waals surface area contributed by atoms with E-state index in [9.17, 15) is 9.59 Å². The summed E-state index contributed by atoms with van der Waals surface area (Å²) >= 11 is 5.08. The number of halogens is 1. The van der Waals surface area contributed by atoms with Gasteiger partial charge in [0, 0.05) is 46.9 Å². The minimum atomic E-state index is -0.711. The molecule has 4 aliphatic rings. The minimum absolute atomic E-state index is 0.0462. The first-order chi connectivity index (χ1) is 20.3. The Kier molecular flexibility index (Phi) is 7.07. The Morgan fingerprint density at radius 3 is 2.79 bits per heavy atom. The first kappa shape index (κ1) is 27.9. The van der Waals surface area contributed by atoms with E-state index in [0.29, 0.717) is 12.8 Å². The fraction of sp³-hybridized carbons (Fsp3) is 0.412. The molecular weight excluding hydrogens is 612 g/mol. The number of thiophene rings is 1. The van der Waals surface area contributed by atoms with Crippen LogP contribution < -0.4 is 4.74 Å². The lowest BCUT2D eigenvalue weighted by Gasteiger charge is -2.65. The molecule has 218 valence electrons. The van der Waals surface area contributed by atoms with Crippen molar-refractivity contribution in [2.75, 3.05) is 20.1 Å². The van der Waals surface area contributed by atoms with Gasteiger partial charge in [-0.2, -0.15) is 0 Å². The highest BCUT2D eigenvalue weighted by atomic mass is 79.9. The lowest BCUT2D eigenvalue weighted by molar-refractivity contribution is -0.223. The maximum absolute atomic E-state index is 13.5. The van der Waals surface area contributed by atoms with Crippen LogP contribution in [-0.2, 0) is 32.6 Å². The van der Waals surface area contributed by atoms with Crippen molar-refractivity contribution in [1.82, 2.24) is 9.80 Å². The molecule has 2 aromatic carbocycles. The maximum atomic E-state index is 13.5. The topological polar surface area (TPSA) is 59.1 Å². The van der Waals surface area contributed by atoms with Gasteiger partial charge < -0.3 is 14.4 Å². The van der Waals surface area contributed by atoms with Crippen LogP contribution in [0.1, 0.15) is 47.8 Å². The van der Waals surface area contributed by atoms with Gasteiger partial charge in [0.05, 0.1) is 17.5 Å². The summed E-state index contributed by atoms with van der Waals surface area (Å²) in [6.45, 7) is 3.34. The van der Waals surface area contributed by atoms with Crippen molar-refractivity contribution in [2.24, 2.45) is 0 Å². The van der Waals surface area contributed by atoms with E-state index in [4.69, 9.17) is 9.47 Å². The molecule has 6 nitrogen and oxygen atoms in total. The number of hydrogen-bond donors (Lipinski definition) is 0. The highest BCUT2D eigenvalue weighted by Gasteiger charge is 2.75. The highest BCUT2D eigenvalue weighted by molar-refractivity contribution is 9.10. The predicted molar refractivity (Wildman–Crippen MR) is 168 cm³/mol. The van der Waals surface area contributed by atoms with Crippen LogP contribution in [0, 0.1) is 0 Å². The molecule has 7 rings (SSSR count). The summed E-state index contributed by atoms with van der Waals surface area (Å²) in [5.41, 5.74) is 2.59. The summed E-state index contributed by atoms with van der Waals surface area (Å²) in [6.07, 6.45) is 7.22. The van der Waals surface area contributed by atoms with E-state index < -0.39 is 11.0 Å². The van der Waals surface area contributed by atoms with Crippen LogP contribution in [0.25, 0.3) is 6.08 Å². The largest absolute Gasteiger partial charge is 0.487 e. The van der Waals surface area contributed by atoms with Crippen molar-refractivity contribution >= 4 is 45.2 Å². The molecule has 1 aromatic heterocycles. The van der Waals surface area contributed by atoms with Gasteiger partial charge in [-0.3, -0.25) is 14.5 Å². The molecule has 5 atom stereocenters. The van der Waals surface area contributed by atoms with Crippen LogP contribution in [0.2, 0.25) is 0 Å². The van der Waals surface area contributed by atoms with E-state index >= 15 is 0 Å². The monoisotopic (exact) mass is 646 g/mol. The third kappa shape index (κ3) is 4.28. The van der Waals surface area contributed by atoms with Crippen molar-refractivity contribution < 1.29 is 19.1 Å². The number of carbonyl (C=O) groups excluding carboxylic acids is 2. The third-order valence-corrected chi connectivity index (χ3v) is 11.7. The average Bonchev–Trinajstić information content (AvgIpc) is 3.55. The molecule has 8 heteroatoms. The van der Waals surface area contributed by atoms with Crippen molar-refractivity contribution in [3.8, 4) is 5.75 Å². The van der Waals surface area contributed by atoms with Gasteiger partial charge in [-0.25, -0.2) is 0 Å². The molecule has 2 aliphatic carbocycles. The number of rotatable bonds is 7. The Bertz CT molecular complexity index is 1560. The second-order valence-electron chi connectivity index (χ2n) is 12.1. The zero-order valence-electron chi connectivity index (χ0n) is 23.9. The molecule has 1 saturated heterocycles. The number of hydrogen-bond acceptors (Lipinski definition) is 6. The second kappa shape index (κ2) is 10.6. The van der Waals surface area contributed by atoms with Gasteiger partial charge in [0.15, 0.2) is 0 Å². The van der Waals surface area contributed by atoms with Gasteiger partial charge in [-0.15, -0.1) is 11.3 Å². The summed E-state index contributed by atoms with van der Waals surface area (Å²) in [5, 5.41) is 2.01. The Morgan fingerprint density at radius 2 is 2.02 bits per heavy atom. The Morgan fingerprint density at radius 1 is 1.19 bits per heavy atom. The second-order valence-corrected chi connectivity index (χ2v) is 13.9. The maximum Gasteiger partial charge on any atom is 0.303 e. The van der Waals surface area contributed by atoms with E-state index in [1.807, 2.05) is 29.5 Å². The van der Waals surface area contributed by atoms with E-state index in [1.165, 1.54) is 23.6 Å². The number of amides is 1. The molecule has 2 aliphatic heterocycles. The molecular formula is C34H35BrN2O4S. The molecule has 0 unspecified atom stereocenters. The number of carbonyl (C=O) groups is 2. The molecule has 3 aromatic rings. The summed E-state index contributed by atoms with van der Waals surface area (Å²) < 4.78 is 14.5. The third-order valence-electron chi connectivity index (χ3n) is 10.1. The van der Waals surface area contributed by atoms with Crippen LogP contribution in [-0.4, -0.2) is 65.6 Å². The highest BCUT2D eigenvalue weighted by Crippen LogP contribution is 2.65. The van der Waals surface area contributed by atoms with E-state index in [2.05, 4.69) is 69.4 Å². The van der Waals surface area contributed by atoms with Crippen LogP contribution in [0.4, 0.5) is 0 Å². The smallest absolute Gasteiger partial charge is 0.303 e. The van der Waals surface area contributed by atoms with Crippen molar-refractivity contribution in [3.05, 3.63) is 92.1 Å². The van der Waals surface area contributed by atoms with Gasteiger partial charge in [0.25, 0.3) is 0 Å². The number of likely N-dealkylation sites (N-methyl/N-ethyl adjacent to an activating group) is 1. The van der Waals surface area contributed by atoms with Crippen LogP contribution in [0.3, 0.4) is 0 Å². The molecule has 2 bridgehead atoms. The van der Waals surface area contributed by atoms with Crippen LogP contribution in [0.15, 0.2) is 70.5 Å². The average molecular weight is 648 g/mol. The number of ether oxygens (including phenoxy) is 2. The summed E-state index contributed by atoms with van der Waals surface area (Å²) in [7, 11) is 1.89. The van der Waals surface area contributed by atoms with E-state index in [0.717, 1.165) is 47.5 Å². The molecule has 2 fully saturated rings. The lowest BCUT2D eigenvalue weighted by atomic mass is 9.48. The zero-order chi connectivity index (χ0) is 29.1. The molecule has 1 amide bonds. The summed E-state index contributed by atoms with van der Waals surface area (Å²) in [5.74, 6) is 0.592. The SMILES string of the molecule is CC(=O)O[C@@]12CC[C@H](N(C)C(=O)/C=C/c3cc(Br)cs3)[C@@H]3Oc4cccc5c4[C@@]31CCN(CCc1ccccc1)[C@@H]2C5. The standard InChI is InChI=1S/C34H35BrN2O4S/c1-22(38)41-34-15-13-27(36(2)30(39)12-11-26-20-25(35)21-42-26)32-33(34)16-18-37(17-14-23-7-4-3-5-8-23)29(34)19-24-9-6-10-28(40-32)31(24)33/h3-12,20-21,27,29,32H,13-19H2,1-2H3/b12-11+/t27-,29+,32-,33-,34+/m0/s1. The fourth-order valence-electron chi connectivity index (χ4n) is 8.44. The van der Waals surface area contributed by atoms with Crippen LogP contribution in [0.5, 0.6) is 5.75 Å². The first-order valence-corrected chi connectivity index (χ1v) is 16.5. The fourth-order valence-corrected chi connectivity index (χ4v) is 9.78. The number of nitrogens with zero attached hydrogens (tertiary/aromatic N) is 2. The first-order valence-electron chi connectivity index (χ1n) is 14.8. The molecule has 1 saturated carbocycles. The number of esters is 1. The summed E-state index contributed by atoms with van der Waals surface area (Å²) in [4.78, 5) is 31.9. The Labute approximate surface area is 259 Å². The minimum Gasteiger partial charge on any atom is -0.487 e. The molecule has 1 spiro atoms. The van der Waals surface area contributed by atoms with E-state index in [1.54, 1.807) is 17.4 Å². The summed E-state index contributed by atoms with van der Waals surface area (Å²) in [6, 6.07) is 18.9. The molecule has 0 radical (unpaired) electrons. The van der Waals surface area contributed by atoms with Crippen molar-refractivity contribution in [1.29, 1.82) is 0 Å². The Balaban J connectivity index is 1.25. The van der Waals surface area contributed by atoms with Gasteiger partial charge in [0.2, 0.25) is 5.91 Å². The molecule has 0 N–H and O–H groups in total. The van der Waals surface area contributed by atoms with E-state index in [-0.39, 0.29) is 30.1 Å². The predicted octanol–water partition coefficient (Wildman–Crippen LogP) is 6.02. The van der Waals surface area contributed by atoms with Gasteiger partial charge >= 0.3 is 5.97 Å². The number of benzene rings is 2. The lowest BCUT2D eigenvalue weighted by Crippen LogP contribution is -2.79. The van der Waals surface area contributed by atoms with Crippen molar-refractivity contribution in [3.63, 3.8) is 0 Å². The van der Waals surface area contributed by atoms with Gasteiger partial charge in [-0.05, 0) is 83.9 Å². The van der Waals surface area contributed by atoms with Gasteiger partial charge in [-0.1, -0.05) is 42.5 Å². The quantitative estimate of drug-likeness (QED) is 0.232. The van der Waals surface area contributed by atoms with Gasteiger partial charge in [0.1, 0.15) is 17.5 Å². The normalized spacial score (nSPS) is 29.2. The number of piperidine rings is 1. The van der Waals surface area contributed by atoms with Crippen molar-refractivity contribution in [2.45, 2.75) is 68.2 Å². The zero-order valence-corrected chi connectivity index (χ0v) is 26.3.